The first kappa shape index (κ1) is 21.0. The summed E-state index contributed by atoms with van der Waals surface area (Å²) >= 11 is 0. The maximum Gasteiger partial charge on any atom is 0.243 e. The average Bonchev–Trinajstić information content (AvgIpc) is 3.26. The van der Waals surface area contributed by atoms with Crippen LogP contribution in [0.2, 0.25) is 0 Å². The van der Waals surface area contributed by atoms with E-state index in [1.54, 1.807) is 17.2 Å². The van der Waals surface area contributed by atoms with Crippen LogP contribution in [0.1, 0.15) is 36.2 Å². The summed E-state index contributed by atoms with van der Waals surface area (Å²) in [6.45, 7) is 3.62. The lowest BCUT2D eigenvalue weighted by molar-refractivity contribution is -0.131. The second-order valence-corrected chi connectivity index (χ2v) is 9.86. The largest absolute Gasteiger partial charge is 0.339 e. The van der Waals surface area contributed by atoms with E-state index in [1.165, 1.54) is 9.87 Å². The Labute approximate surface area is 178 Å². The van der Waals surface area contributed by atoms with Gasteiger partial charge in [-0.05, 0) is 61.6 Å². The summed E-state index contributed by atoms with van der Waals surface area (Å²) in [7, 11) is -3.52. The maximum atomic E-state index is 13.0. The summed E-state index contributed by atoms with van der Waals surface area (Å²) in [6.07, 6.45) is 4.80. The lowest BCUT2D eigenvalue weighted by atomic mass is 10.1. The van der Waals surface area contributed by atoms with Crippen LogP contribution < -0.4 is 5.32 Å². The number of amides is 1. The van der Waals surface area contributed by atoms with E-state index in [-0.39, 0.29) is 18.5 Å². The molecular weight excluding hydrogens is 400 g/mol. The number of carbonyl (C=O) groups excluding carboxylic acids is 1. The molecule has 1 atom stereocenters. The molecule has 2 aromatic rings. The first-order chi connectivity index (χ1) is 14.4. The van der Waals surface area contributed by atoms with Crippen molar-refractivity contribution < 1.29 is 13.2 Å². The van der Waals surface area contributed by atoms with E-state index in [9.17, 15) is 13.2 Å². The second-order valence-electron chi connectivity index (χ2n) is 7.93. The van der Waals surface area contributed by atoms with Gasteiger partial charge < -0.3 is 10.2 Å². The standard InChI is InChI=1S/C22H28N4O3S/c1-17(21-7-2-3-10-23-21)24-16-22(27)25-11-13-26(14-12-25)30(28,29)20-9-8-18-5-4-6-19(18)15-20/h2-3,7-10,15,17,24H,4-6,11-14,16H2,1H3. The molecule has 0 bridgehead atoms. The van der Waals surface area contributed by atoms with Gasteiger partial charge in [-0.2, -0.15) is 4.31 Å². The average molecular weight is 429 g/mol. The molecule has 1 aromatic heterocycles. The van der Waals surface area contributed by atoms with Gasteiger partial charge in [-0.25, -0.2) is 8.42 Å². The molecule has 8 heteroatoms. The van der Waals surface area contributed by atoms with Gasteiger partial charge in [-0.1, -0.05) is 12.1 Å². The highest BCUT2D eigenvalue weighted by Crippen LogP contribution is 2.26. The SMILES string of the molecule is CC(NCC(=O)N1CCN(S(=O)(=O)c2ccc3c(c2)CCC3)CC1)c1ccccn1. The zero-order chi connectivity index (χ0) is 21.1. The van der Waals surface area contributed by atoms with Crippen molar-refractivity contribution in [2.24, 2.45) is 0 Å². The predicted octanol–water partition coefficient (Wildman–Crippen LogP) is 1.75. The van der Waals surface area contributed by atoms with Gasteiger partial charge in [0.15, 0.2) is 0 Å². The van der Waals surface area contributed by atoms with Crippen LogP contribution in [0.15, 0.2) is 47.5 Å². The number of rotatable bonds is 6. The lowest BCUT2D eigenvalue weighted by Crippen LogP contribution is -2.52. The molecule has 30 heavy (non-hydrogen) atoms. The molecule has 2 heterocycles. The number of aromatic nitrogens is 1. The summed E-state index contributed by atoms with van der Waals surface area (Å²) in [5, 5.41) is 3.20. The molecule has 0 spiro atoms. The zero-order valence-corrected chi connectivity index (χ0v) is 18.1. The van der Waals surface area contributed by atoms with Crippen LogP contribution in [0.5, 0.6) is 0 Å². The molecular formula is C22H28N4O3S. The van der Waals surface area contributed by atoms with Crippen LogP contribution >= 0.6 is 0 Å². The van der Waals surface area contributed by atoms with E-state index in [0.29, 0.717) is 31.1 Å². The molecule has 1 aliphatic heterocycles. The first-order valence-corrected chi connectivity index (χ1v) is 11.9. The number of nitrogens with zero attached hydrogens (tertiary/aromatic N) is 3. The molecule has 1 aliphatic carbocycles. The third kappa shape index (κ3) is 4.40. The Hall–Kier alpha value is -2.29. The molecule has 1 fully saturated rings. The predicted molar refractivity (Wildman–Crippen MR) is 114 cm³/mol. The highest BCUT2D eigenvalue weighted by Gasteiger charge is 2.30. The fraction of sp³-hybridized carbons (Fsp3) is 0.455. The van der Waals surface area contributed by atoms with Crippen LogP contribution in [-0.2, 0) is 27.7 Å². The summed E-state index contributed by atoms with van der Waals surface area (Å²) < 4.78 is 27.6. The van der Waals surface area contributed by atoms with Gasteiger partial charge in [0.2, 0.25) is 15.9 Å². The Kier molecular flexibility index (Phi) is 6.17. The topological polar surface area (TPSA) is 82.6 Å². The fourth-order valence-corrected chi connectivity index (χ4v) is 5.60. The van der Waals surface area contributed by atoms with Crippen LogP contribution in [0.25, 0.3) is 0 Å². The monoisotopic (exact) mass is 428 g/mol. The lowest BCUT2D eigenvalue weighted by Gasteiger charge is -2.34. The minimum atomic E-state index is -3.52. The van der Waals surface area contributed by atoms with Crippen LogP contribution in [0.3, 0.4) is 0 Å². The number of nitrogens with one attached hydrogen (secondary N) is 1. The molecule has 1 unspecified atom stereocenters. The third-order valence-electron chi connectivity index (χ3n) is 5.99. The number of carbonyl (C=O) groups is 1. The fourth-order valence-electron chi connectivity index (χ4n) is 4.12. The number of aryl methyl sites for hydroxylation is 2. The molecule has 0 radical (unpaired) electrons. The number of hydrogen-bond donors (Lipinski definition) is 1. The second kappa shape index (κ2) is 8.83. The van der Waals surface area contributed by atoms with E-state index in [2.05, 4.69) is 10.3 Å². The van der Waals surface area contributed by atoms with E-state index in [0.717, 1.165) is 30.5 Å². The summed E-state index contributed by atoms with van der Waals surface area (Å²) in [4.78, 5) is 19.0. The summed E-state index contributed by atoms with van der Waals surface area (Å²) in [6, 6.07) is 11.2. The minimum Gasteiger partial charge on any atom is -0.339 e. The molecule has 160 valence electrons. The Morgan fingerprint density at radius 1 is 1.10 bits per heavy atom. The number of fused-ring (bicyclic) bond motifs is 1. The van der Waals surface area contributed by atoms with Gasteiger partial charge in [0, 0.05) is 38.4 Å². The quantitative estimate of drug-likeness (QED) is 0.758. The van der Waals surface area contributed by atoms with Crippen molar-refractivity contribution in [2.75, 3.05) is 32.7 Å². The molecule has 1 N–H and O–H groups in total. The zero-order valence-electron chi connectivity index (χ0n) is 17.3. The van der Waals surface area contributed by atoms with Gasteiger partial charge in [0.25, 0.3) is 0 Å². The normalized spacial score (nSPS) is 18.2. The Morgan fingerprint density at radius 2 is 1.87 bits per heavy atom. The highest BCUT2D eigenvalue weighted by atomic mass is 32.2. The van der Waals surface area contributed by atoms with Crippen molar-refractivity contribution in [3.8, 4) is 0 Å². The Bertz CT molecular complexity index is 1000. The van der Waals surface area contributed by atoms with Crippen molar-refractivity contribution in [1.29, 1.82) is 0 Å². The highest BCUT2D eigenvalue weighted by molar-refractivity contribution is 7.89. The molecule has 2 aliphatic rings. The van der Waals surface area contributed by atoms with E-state index in [4.69, 9.17) is 0 Å². The molecule has 1 saturated heterocycles. The van der Waals surface area contributed by atoms with Crippen molar-refractivity contribution in [1.82, 2.24) is 19.5 Å². The first-order valence-electron chi connectivity index (χ1n) is 10.5. The number of pyridine rings is 1. The van der Waals surface area contributed by atoms with Gasteiger partial charge in [-0.3, -0.25) is 9.78 Å². The number of sulfonamides is 1. The summed E-state index contributed by atoms with van der Waals surface area (Å²) in [5.41, 5.74) is 3.30. The van der Waals surface area contributed by atoms with Crippen molar-refractivity contribution in [2.45, 2.75) is 37.1 Å². The number of piperazine rings is 1. The minimum absolute atomic E-state index is 0.0210. The molecule has 7 nitrogen and oxygen atoms in total. The van der Waals surface area contributed by atoms with E-state index in [1.807, 2.05) is 37.3 Å². The van der Waals surface area contributed by atoms with Gasteiger partial charge >= 0.3 is 0 Å². The summed E-state index contributed by atoms with van der Waals surface area (Å²) in [5.74, 6) is -0.0210. The smallest absolute Gasteiger partial charge is 0.243 e. The molecule has 0 saturated carbocycles. The number of hydrogen-bond acceptors (Lipinski definition) is 5. The van der Waals surface area contributed by atoms with Gasteiger partial charge in [0.05, 0.1) is 17.1 Å². The van der Waals surface area contributed by atoms with Crippen molar-refractivity contribution >= 4 is 15.9 Å². The van der Waals surface area contributed by atoms with Crippen molar-refractivity contribution in [3.05, 3.63) is 59.4 Å². The van der Waals surface area contributed by atoms with Gasteiger partial charge in [0.1, 0.15) is 0 Å². The maximum absolute atomic E-state index is 13.0. The molecule has 1 amide bonds. The van der Waals surface area contributed by atoms with E-state index >= 15 is 0 Å². The van der Waals surface area contributed by atoms with Crippen LogP contribution in [-0.4, -0.2) is 61.2 Å². The molecule has 1 aromatic carbocycles. The van der Waals surface area contributed by atoms with Gasteiger partial charge in [-0.15, -0.1) is 0 Å². The van der Waals surface area contributed by atoms with Crippen molar-refractivity contribution in [3.63, 3.8) is 0 Å². The number of benzene rings is 1. The van der Waals surface area contributed by atoms with Crippen LogP contribution in [0.4, 0.5) is 0 Å². The van der Waals surface area contributed by atoms with Crippen LogP contribution in [0, 0.1) is 0 Å². The Morgan fingerprint density at radius 3 is 2.60 bits per heavy atom. The molecule has 4 rings (SSSR count). The Balaban J connectivity index is 1.31. The van der Waals surface area contributed by atoms with E-state index < -0.39 is 10.0 Å². The third-order valence-corrected chi connectivity index (χ3v) is 7.88.